The predicted octanol–water partition coefficient (Wildman–Crippen LogP) is 4.38. The van der Waals surface area contributed by atoms with Gasteiger partial charge < -0.3 is 10.1 Å². The number of hydrogen-bond donors (Lipinski definition) is 1. The quantitative estimate of drug-likeness (QED) is 0.658. The van der Waals surface area contributed by atoms with Crippen LogP contribution in [0.15, 0.2) is 48.5 Å². The van der Waals surface area contributed by atoms with Crippen molar-refractivity contribution in [1.29, 1.82) is 0 Å². The maximum Gasteiger partial charge on any atom is 0.308 e. The van der Waals surface area contributed by atoms with Gasteiger partial charge in [-0.05, 0) is 54.3 Å². The molecule has 0 fully saturated rings. The molecule has 1 N–H and O–H groups in total. The number of ether oxygens (including phenoxy) is 1. The van der Waals surface area contributed by atoms with E-state index in [1.54, 1.807) is 24.3 Å². The minimum Gasteiger partial charge on any atom is -0.427 e. The number of esters is 1. The molecule has 0 aliphatic heterocycles. The number of carbonyl (C=O) groups excluding carboxylic acids is 2. The van der Waals surface area contributed by atoms with Crippen LogP contribution < -0.4 is 10.1 Å². The molecule has 1 amide bonds. The van der Waals surface area contributed by atoms with Gasteiger partial charge in [0.25, 0.3) is 5.91 Å². The Morgan fingerprint density at radius 1 is 1.04 bits per heavy atom. The van der Waals surface area contributed by atoms with Crippen LogP contribution in [0, 0.1) is 0 Å². The number of benzene rings is 2. The number of amides is 1. The topological polar surface area (TPSA) is 55.4 Å². The van der Waals surface area contributed by atoms with Crippen molar-refractivity contribution in [2.24, 2.45) is 0 Å². The van der Waals surface area contributed by atoms with E-state index in [4.69, 9.17) is 4.74 Å². The number of hydrogen-bond acceptors (Lipinski definition) is 3. The molecule has 4 nitrogen and oxygen atoms in total. The number of nitrogens with one attached hydrogen (secondary N) is 1. The van der Waals surface area contributed by atoms with Crippen molar-refractivity contribution < 1.29 is 14.3 Å². The zero-order valence-corrected chi connectivity index (χ0v) is 13.6. The van der Waals surface area contributed by atoms with Crippen LogP contribution in [0.5, 0.6) is 5.75 Å². The van der Waals surface area contributed by atoms with Crippen LogP contribution >= 0.6 is 0 Å². The van der Waals surface area contributed by atoms with E-state index in [0.717, 1.165) is 12.1 Å². The Balaban J connectivity index is 2.02. The molecule has 0 aromatic heterocycles. The van der Waals surface area contributed by atoms with Crippen LogP contribution in [0.1, 0.15) is 49.0 Å². The summed E-state index contributed by atoms with van der Waals surface area (Å²) in [7, 11) is 0. The fraction of sp³-hybridized carbons (Fsp3) is 0.263. The first kappa shape index (κ1) is 16.7. The molecule has 120 valence electrons. The van der Waals surface area contributed by atoms with Gasteiger partial charge >= 0.3 is 5.97 Å². The first-order valence-corrected chi connectivity index (χ1v) is 7.69. The number of rotatable bonds is 5. The van der Waals surface area contributed by atoms with Gasteiger partial charge in [0.2, 0.25) is 0 Å². The lowest BCUT2D eigenvalue weighted by molar-refractivity contribution is -0.131. The van der Waals surface area contributed by atoms with Crippen LogP contribution in [0.3, 0.4) is 0 Å². The minimum absolute atomic E-state index is 0.198. The molecule has 0 heterocycles. The third-order valence-corrected chi connectivity index (χ3v) is 3.73. The van der Waals surface area contributed by atoms with E-state index < -0.39 is 0 Å². The summed E-state index contributed by atoms with van der Waals surface area (Å²) in [6.45, 7) is 5.67. The SMILES string of the molecule is CC[C@H](C)c1ccc(NC(=O)c2ccc(OC(C)=O)cc2)cc1. The molecule has 0 spiro atoms. The normalized spacial score (nSPS) is 11.6. The molecule has 0 aliphatic rings. The van der Waals surface area contributed by atoms with Crippen molar-refractivity contribution in [3.05, 3.63) is 59.7 Å². The van der Waals surface area contributed by atoms with E-state index in [9.17, 15) is 9.59 Å². The fourth-order valence-corrected chi connectivity index (χ4v) is 2.17. The molecular weight excluding hydrogens is 290 g/mol. The van der Waals surface area contributed by atoms with E-state index in [1.165, 1.54) is 12.5 Å². The Kier molecular flexibility index (Phi) is 5.52. The van der Waals surface area contributed by atoms with Gasteiger partial charge in [0.15, 0.2) is 0 Å². The van der Waals surface area contributed by atoms with Gasteiger partial charge in [0.1, 0.15) is 5.75 Å². The van der Waals surface area contributed by atoms with E-state index in [2.05, 4.69) is 19.2 Å². The van der Waals surface area contributed by atoms with Crippen molar-refractivity contribution in [3.63, 3.8) is 0 Å². The lowest BCUT2D eigenvalue weighted by atomic mass is 9.98. The average molecular weight is 311 g/mol. The first-order chi connectivity index (χ1) is 11.0. The lowest BCUT2D eigenvalue weighted by Gasteiger charge is -2.10. The Hall–Kier alpha value is -2.62. The van der Waals surface area contributed by atoms with Gasteiger partial charge in [0.05, 0.1) is 0 Å². The summed E-state index contributed by atoms with van der Waals surface area (Å²) in [6.07, 6.45) is 1.08. The molecular formula is C19H21NO3. The maximum atomic E-state index is 12.2. The van der Waals surface area contributed by atoms with E-state index >= 15 is 0 Å². The zero-order valence-electron chi connectivity index (χ0n) is 13.6. The molecule has 2 aromatic carbocycles. The summed E-state index contributed by atoms with van der Waals surface area (Å²) >= 11 is 0. The summed E-state index contributed by atoms with van der Waals surface area (Å²) in [6, 6.07) is 14.3. The average Bonchev–Trinajstić information content (AvgIpc) is 2.55. The molecule has 0 saturated carbocycles. The molecule has 2 aromatic rings. The zero-order chi connectivity index (χ0) is 16.8. The van der Waals surface area contributed by atoms with E-state index in [0.29, 0.717) is 17.2 Å². The highest BCUT2D eigenvalue weighted by atomic mass is 16.5. The number of carbonyl (C=O) groups is 2. The second-order valence-electron chi connectivity index (χ2n) is 5.50. The summed E-state index contributed by atoms with van der Waals surface area (Å²) in [5.41, 5.74) is 2.52. The van der Waals surface area contributed by atoms with Crippen LogP contribution in [0.25, 0.3) is 0 Å². The third kappa shape index (κ3) is 4.68. The largest absolute Gasteiger partial charge is 0.427 e. The maximum absolute atomic E-state index is 12.2. The van der Waals surface area contributed by atoms with Gasteiger partial charge in [-0.1, -0.05) is 26.0 Å². The smallest absolute Gasteiger partial charge is 0.308 e. The summed E-state index contributed by atoms with van der Waals surface area (Å²) < 4.78 is 4.94. The van der Waals surface area contributed by atoms with Crippen molar-refractivity contribution in [2.75, 3.05) is 5.32 Å². The molecule has 0 unspecified atom stereocenters. The minimum atomic E-state index is -0.386. The Morgan fingerprint density at radius 2 is 1.65 bits per heavy atom. The van der Waals surface area contributed by atoms with Crippen molar-refractivity contribution in [3.8, 4) is 5.75 Å². The monoisotopic (exact) mass is 311 g/mol. The van der Waals surface area contributed by atoms with Crippen LogP contribution in [0.2, 0.25) is 0 Å². The van der Waals surface area contributed by atoms with Crippen LogP contribution in [0.4, 0.5) is 5.69 Å². The molecule has 4 heteroatoms. The third-order valence-electron chi connectivity index (χ3n) is 3.73. The first-order valence-electron chi connectivity index (χ1n) is 7.69. The van der Waals surface area contributed by atoms with Crippen LogP contribution in [-0.2, 0) is 4.79 Å². The predicted molar refractivity (Wildman–Crippen MR) is 90.9 cm³/mol. The lowest BCUT2D eigenvalue weighted by Crippen LogP contribution is -2.12. The highest BCUT2D eigenvalue weighted by molar-refractivity contribution is 6.04. The van der Waals surface area contributed by atoms with E-state index in [1.807, 2.05) is 24.3 Å². The molecule has 23 heavy (non-hydrogen) atoms. The Morgan fingerprint density at radius 3 is 2.17 bits per heavy atom. The highest BCUT2D eigenvalue weighted by Crippen LogP contribution is 2.21. The Labute approximate surface area is 136 Å². The summed E-state index contributed by atoms with van der Waals surface area (Å²) in [4.78, 5) is 23.1. The van der Waals surface area contributed by atoms with Crippen molar-refractivity contribution >= 4 is 17.6 Å². The standard InChI is InChI=1S/C19H21NO3/c1-4-13(2)15-5-9-17(10-6-15)20-19(22)16-7-11-18(12-8-16)23-14(3)21/h5-13H,4H2,1-3H3,(H,20,22)/t13-/m0/s1. The van der Waals surface area contributed by atoms with Gasteiger partial charge in [0, 0.05) is 18.2 Å². The highest BCUT2D eigenvalue weighted by Gasteiger charge is 2.08. The fourth-order valence-electron chi connectivity index (χ4n) is 2.17. The van der Waals surface area contributed by atoms with Crippen molar-refractivity contribution in [1.82, 2.24) is 0 Å². The molecule has 0 radical (unpaired) electrons. The van der Waals surface area contributed by atoms with Gasteiger partial charge in [-0.15, -0.1) is 0 Å². The van der Waals surface area contributed by atoms with Gasteiger partial charge in [-0.25, -0.2) is 0 Å². The number of anilines is 1. The second-order valence-corrected chi connectivity index (χ2v) is 5.50. The molecule has 0 aliphatic carbocycles. The molecule has 2 rings (SSSR count). The molecule has 0 saturated heterocycles. The Bertz CT molecular complexity index is 675. The van der Waals surface area contributed by atoms with Crippen LogP contribution in [-0.4, -0.2) is 11.9 Å². The van der Waals surface area contributed by atoms with E-state index in [-0.39, 0.29) is 11.9 Å². The van der Waals surface area contributed by atoms with Crippen molar-refractivity contribution in [2.45, 2.75) is 33.1 Å². The molecule has 0 bridgehead atoms. The van der Waals surface area contributed by atoms with Gasteiger partial charge in [-0.3, -0.25) is 9.59 Å². The summed E-state index contributed by atoms with van der Waals surface area (Å²) in [5, 5.41) is 2.86. The molecule has 1 atom stereocenters. The second kappa shape index (κ2) is 7.58. The summed E-state index contributed by atoms with van der Waals surface area (Å²) in [5.74, 6) is 0.347. The van der Waals surface area contributed by atoms with Gasteiger partial charge in [-0.2, -0.15) is 0 Å².